The maximum absolute atomic E-state index is 14.5. The van der Waals surface area contributed by atoms with Crippen LogP contribution in [0.15, 0.2) is 30.5 Å². The van der Waals surface area contributed by atoms with Crippen LogP contribution in [0.3, 0.4) is 0 Å². The molecule has 0 aliphatic carbocycles. The molecule has 2 aromatic rings. The van der Waals surface area contributed by atoms with Gasteiger partial charge in [0.15, 0.2) is 11.6 Å². The van der Waals surface area contributed by atoms with Crippen molar-refractivity contribution >= 4 is 23.3 Å². The van der Waals surface area contributed by atoms with Crippen molar-refractivity contribution in [3.63, 3.8) is 0 Å². The second-order valence-electron chi connectivity index (χ2n) is 7.45. The molecular weight excluding hydrogens is 404 g/mol. The second kappa shape index (κ2) is 10.3. The molecule has 0 unspecified atom stereocenters. The highest BCUT2D eigenvalue weighted by molar-refractivity contribution is 5.94. The predicted molar refractivity (Wildman–Crippen MR) is 115 cm³/mol. The van der Waals surface area contributed by atoms with Crippen LogP contribution >= 0.6 is 0 Å². The predicted octanol–water partition coefficient (Wildman–Crippen LogP) is 2.78. The largest absolute Gasteiger partial charge is 0.367 e. The van der Waals surface area contributed by atoms with Crippen molar-refractivity contribution in [3.05, 3.63) is 53.2 Å². The van der Waals surface area contributed by atoms with E-state index in [4.69, 9.17) is 0 Å². The molecule has 2 heterocycles. The van der Waals surface area contributed by atoms with Gasteiger partial charge in [0, 0.05) is 52.4 Å². The number of hydrogen-bond donors (Lipinski definition) is 2. The van der Waals surface area contributed by atoms with Gasteiger partial charge in [-0.3, -0.25) is 14.5 Å². The van der Waals surface area contributed by atoms with E-state index in [2.05, 4.69) is 20.5 Å². The third-order valence-electron chi connectivity index (χ3n) is 5.22. The summed E-state index contributed by atoms with van der Waals surface area (Å²) in [5, 5.41) is 5.10. The third-order valence-corrected chi connectivity index (χ3v) is 5.22. The van der Waals surface area contributed by atoms with Gasteiger partial charge in [0.05, 0.1) is 11.3 Å². The number of benzene rings is 1. The molecule has 9 heteroatoms. The summed E-state index contributed by atoms with van der Waals surface area (Å²) in [6.45, 7) is 5.00. The summed E-state index contributed by atoms with van der Waals surface area (Å²) in [7, 11) is 1.37. The molecule has 0 atom stereocenters. The lowest BCUT2D eigenvalue weighted by molar-refractivity contribution is -0.116. The summed E-state index contributed by atoms with van der Waals surface area (Å²) >= 11 is 0. The number of piperazine rings is 1. The highest BCUT2D eigenvalue weighted by Gasteiger charge is 2.24. The van der Waals surface area contributed by atoms with Gasteiger partial charge >= 0.3 is 0 Å². The number of rotatable bonds is 7. The van der Waals surface area contributed by atoms with Gasteiger partial charge in [-0.05, 0) is 36.2 Å². The Morgan fingerprint density at radius 3 is 2.52 bits per heavy atom. The van der Waals surface area contributed by atoms with E-state index in [9.17, 15) is 18.4 Å². The molecule has 2 amide bonds. The maximum Gasteiger partial charge on any atom is 0.254 e. The van der Waals surface area contributed by atoms with Crippen molar-refractivity contribution in [3.8, 4) is 0 Å². The molecule has 0 radical (unpaired) electrons. The first-order chi connectivity index (χ1) is 14.9. The van der Waals surface area contributed by atoms with E-state index in [0.29, 0.717) is 45.0 Å². The van der Waals surface area contributed by atoms with Crippen LogP contribution in [0.5, 0.6) is 0 Å². The molecular formula is C22H27F2N5O2. The molecule has 3 rings (SSSR count). The zero-order valence-corrected chi connectivity index (χ0v) is 17.8. The summed E-state index contributed by atoms with van der Waals surface area (Å²) in [4.78, 5) is 31.6. The van der Waals surface area contributed by atoms with Gasteiger partial charge in [0.25, 0.3) is 5.91 Å². The standard InChI is InChI=1S/C22H27F2N5O2/c1-3-4-19(30)27-18-13-15(7-8-26-18)14-28-9-11-29(12-10-28)17-6-5-16(22(31)25-2)20(23)21(17)24/h5-8,13H,3-4,9-12,14H2,1-2H3,(H,25,31)(H,26,27,30). The molecule has 1 aliphatic rings. The van der Waals surface area contributed by atoms with Crippen molar-refractivity contribution in [1.82, 2.24) is 15.2 Å². The van der Waals surface area contributed by atoms with Gasteiger partial charge in [0.2, 0.25) is 5.91 Å². The van der Waals surface area contributed by atoms with Crippen molar-refractivity contribution in [2.45, 2.75) is 26.3 Å². The fraction of sp³-hybridized carbons (Fsp3) is 0.409. The second-order valence-corrected chi connectivity index (χ2v) is 7.45. The number of nitrogens with one attached hydrogen (secondary N) is 2. The minimum absolute atomic E-state index is 0.0579. The molecule has 1 fully saturated rings. The van der Waals surface area contributed by atoms with Gasteiger partial charge < -0.3 is 15.5 Å². The first-order valence-corrected chi connectivity index (χ1v) is 10.3. The number of halogens is 2. The normalized spacial score (nSPS) is 14.4. The smallest absolute Gasteiger partial charge is 0.254 e. The van der Waals surface area contributed by atoms with Crippen molar-refractivity contribution in [1.29, 1.82) is 0 Å². The molecule has 0 saturated carbocycles. The molecule has 2 N–H and O–H groups in total. The number of pyridine rings is 1. The van der Waals surface area contributed by atoms with E-state index in [0.717, 1.165) is 12.0 Å². The number of amides is 2. The molecule has 166 valence electrons. The Kier molecular flexibility index (Phi) is 7.51. The van der Waals surface area contributed by atoms with Crippen LogP contribution in [0, 0.1) is 11.6 Å². The van der Waals surface area contributed by atoms with E-state index >= 15 is 0 Å². The summed E-state index contributed by atoms with van der Waals surface area (Å²) < 4.78 is 28.8. The van der Waals surface area contributed by atoms with Gasteiger partial charge in [0.1, 0.15) is 5.82 Å². The van der Waals surface area contributed by atoms with Crippen LogP contribution in [0.2, 0.25) is 0 Å². The number of carbonyl (C=O) groups excluding carboxylic acids is 2. The summed E-state index contributed by atoms with van der Waals surface area (Å²) in [5.41, 5.74) is 0.874. The van der Waals surface area contributed by atoms with E-state index in [1.165, 1.54) is 19.2 Å². The van der Waals surface area contributed by atoms with Gasteiger partial charge in [-0.25, -0.2) is 13.8 Å². The molecule has 1 aliphatic heterocycles. The number of carbonyl (C=O) groups is 2. The van der Waals surface area contributed by atoms with Crippen LogP contribution in [-0.2, 0) is 11.3 Å². The van der Waals surface area contributed by atoms with E-state index in [1.54, 1.807) is 11.1 Å². The lowest BCUT2D eigenvalue weighted by Crippen LogP contribution is -2.46. The molecule has 1 aromatic heterocycles. The Morgan fingerprint density at radius 2 is 1.84 bits per heavy atom. The summed E-state index contributed by atoms with van der Waals surface area (Å²) in [6.07, 6.45) is 2.89. The topological polar surface area (TPSA) is 77.6 Å². The number of aromatic nitrogens is 1. The van der Waals surface area contributed by atoms with Crippen LogP contribution in [0.25, 0.3) is 0 Å². The maximum atomic E-state index is 14.5. The van der Waals surface area contributed by atoms with Crippen molar-refractivity contribution in [2.75, 3.05) is 43.4 Å². The number of nitrogens with zero attached hydrogens (tertiary/aromatic N) is 3. The fourth-order valence-electron chi connectivity index (χ4n) is 3.57. The van der Waals surface area contributed by atoms with Crippen molar-refractivity contribution in [2.24, 2.45) is 0 Å². The van der Waals surface area contributed by atoms with E-state index < -0.39 is 17.5 Å². The number of hydrogen-bond acceptors (Lipinski definition) is 5. The summed E-state index contributed by atoms with van der Waals surface area (Å²) in [5.74, 6) is -2.32. The molecule has 1 aromatic carbocycles. The van der Waals surface area contributed by atoms with Gasteiger partial charge in [-0.15, -0.1) is 0 Å². The highest BCUT2D eigenvalue weighted by atomic mass is 19.2. The highest BCUT2D eigenvalue weighted by Crippen LogP contribution is 2.25. The monoisotopic (exact) mass is 431 g/mol. The Labute approximate surface area is 180 Å². The quantitative estimate of drug-likeness (QED) is 0.705. The first kappa shape index (κ1) is 22.6. The Morgan fingerprint density at radius 1 is 1.10 bits per heavy atom. The van der Waals surface area contributed by atoms with Gasteiger partial charge in [-0.2, -0.15) is 0 Å². The first-order valence-electron chi connectivity index (χ1n) is 10.3. The van der Waals surface area contributed by atoms with E-state index in [1.807, 2.05) is 19.1 Å². The minimum Gasteiger partial charge on any atom is -0.367 e. The average Bonchev–Trinajstić information content (AvgIpc) is 2.76. The van der Waals surface area contributed by atoms with Crippen LogP contribution in [0.4, 0.5) is 20.3 Å². The average molecular weight is 431 g/mol. The van der Waals surface area contributed by atoms with Crippen LogP contribution < -0.4 is 15.5 Å². The zero-order valence-electron chi connectivity index (χ0n) is 17.8. The van der Waals surface area contributed by atoms with E-state index in [-0.39, 0.29) is 17.2 Å². The zero-order chi connectivity index (χ0) is 22.4. The fourth-order valence-corrected chi connectivity index (χ4v) is 3.57. The molecule has 1 saturated heterocycles. The summed E-state index contributed by atoms with van der Waals surface area (Å²) in [6, 6.07) is 6.51. The van der Waals surface area contributed by atoms with Gasteiger partial charge in [-0.1, -0.05) is 6.92 Å². The molecule has 0 spiro atoms. The Hall–Kier alpha value is -3.07. The lowest BCUT2D eigenvalue weighted by Gasteiger charge is -2.36. The Bertz CT molecular complexity index is 945. The molecule has 7 nitrogen and oxygen atoms in total. The third kappa shape index (κ3) is 5.55. The Balaban J connectivity index is 1.60. The van der Waals surface area contributed by atoms with Crippen molar-refractivity contribution < 1.29 is 18.4 Å². The lowest BCUT2D eigenvalue weighted by atomic mass is 10.1. The van der Waals surface area contributed by atoms with Crippen LogP contribution in [0.1, 0.15) is 35.7 Å². The van der Waals surface area contributed by atoms with Crippen LogP contribution in [-0.4, -0.2) is 54.9 Å². The SMILES string of the molecule is CCCC(=O)Nc1cc(CN2CCN(c3ccc(C(=O)NC)c(F)c3F)CC2)ccn1. The number of anilines is 2. The molecule has 31 heavy (non-hydrogen) atoms. The molecule has 0 bridgehead atoms. The minimum atomic E-state index is -1.13.